The predicted molar refractivity (Wildman–Crippen MR) is 43.2 cm³/mol. The molecule has 2 N–H and O–H groups in total. The van der Waals surface area contributed by atoms with Crippen LogP contribution in [0.3, 0.4) is 0 Å². The highest BCUT2D eigenvalue weighted by Crippen LogP contribution is 2.11. The Kier molecular flexibility index (Phi) is 3.83. The van der Waals surface area contributed by atoms with Crippen molar-refractivity contribution in [3.63, 3.8) is 0 Å². The molecule has 1 saturated heterocycles. The van der Waals surface area contributed by atoms with E-state index in [1.54, 1.807) is 6.92 Å². The average molecular weight is 159 g/mol. The minimum Gasteiger partial charge on any atom is -0.368 e. The lowest BCUT2D eigenvalue weighted by molar-refractivity contribution is -0.0983. The number of aliphatic hydroxyl groups is 1. The van der Waals surface area contributed by atoms with Gasteiger partial charge in [0.15, 0.2) is 6.29 Å². The number of aliphatic hydroxyl groups excluding tert-OH is 1. The van der Waals surface area contributed by atoms with Gasteiger partial charge in [-0.15, -0.1) is 0 Å². The molecular formula is C8H17NO2. The van der Waals surface area contributed by atoms with Crippen molar-refractivity contribution in [1.29, 1.82) is 0 Å². The van der Waals surface area contributed by atoms with Crippen LogP contribution in [0.1, 0.15) is 19.8 Å². The van der Waals surface area contributed by atoms with E-state index in [9.17, 15) is 0 Å². The van der Waals surface area contributed by atoms with Crippen LogP contribution in [0.5, 0.6) is 0 Å². The van der Waals surface area contributed by atoms with Gasteiger partial charge < -0.3 is 15.2 Å². The summed E-state index contributed by atoms with van der Waals surface area (Å²) in [6, 6.07) is 0. The molecule has 66 valence electrons. The van der Waals surface area contributed by atoms with E-state index in [-0.39, 0.29) is 0 Å². The molecule has 1 heterocycles. The van der Waals surface area contributed by atoms with Gasteiger partial charge in [0.05, 0.1) is 6.61 Å². The number of piperidine rings is 1. The Hall–Kier alpha value is -0.120. The zero-order chi connectivity index (χ0) is 8.10. The molecule has 11 heavy (non-hydrogen) atoms. The zero-order valence-electron chi connectivity index (χ0n) is 7.05. The van der Waals surface area contributed by atoms with Crippen molar-refractivity contribution in [3.8, 4) is 0 Å². The lowest BCUT2D eigenvalue weighted by atomic mass is 9.99. The minimum atomic E-state index is -0.607. The fourth-order valence-corrected chi connectivity index (χ4v) is 1.32. The summed E-state index contributed by atoms with van der Waals surface area (Å²) in [6.45, 7) is 4.54. The zero-order valence-corrected chi connectivity index (χ0v) is 7.05. The van der Waals surface area contributed by atoms with Crippen LogP contribution >= 0.6 is 0 Å². The van der Waals surface area contributed by atoms with Crippen LogP contribution in [-0.2, 0) is 4.74 Å². The van der Waals surface area contributed by atoms with Gasteiger partial charge in [-0.3, -0.25) is 0 Å². The second-order valence-corrected chi connectivity index (χ2v) is 3.13. The van der Waals surface area contributed by atoms with Crippen LogP contribution in [0.2, 0.25) is 0 Å². The average Bonchev–Trinajstić information content (AvgIpc) is 2.03. The predicted octanol–water partition coefficient (Wildman–Crippen LogP) is 0.341. The summed E-state index contributed by atoms with van der Waals surface area (Å²) in [5.41, 5.74) is 0. The molecule has 1 fully saturated rings. The summed E-state index contributed by atoms with van der Waals surface area (Å²) in [7, 11) is 0. The van der Waals surface area contributed by atoms with Crippen molar-refractivity contribution in [3.05, 3.63) is 0 Å². The Morgan fingerprint density at radius 1 is 1.55 bits per heavy atom. The van der Waals surface area contributed by atoms with Gasteiger partial charge in [-0.2, -0.15) is 0 Å². The van der Waals surface area contributed by atoms with Crippen LogP contribution in [0.4, 0.5) is 0 Å². The summed E-state index contributed by atoms with van der Waals surface area (Å²) in [5.74, 6) is 0.644. The summed E-state index contributed by atoms with van der Waals surface area (Å²) in [6.07, 6.45) is 1.74. The van der Waals surface area contributed by atoms with E-state index in [1.165, 1.54) is 12.8 Å². The van der Waals surface area contributed by atoms with E-state index < -0.39 is 6.29 Å². The molecular weight excluding hydrogens is 142 g/mol. The van der Waals surface area contributed by atoms with Crippen molar-refractivity contribution >= 4 is 0 Å². The van der Waals surface area contributed by atoms with Gasteiger partial charge in [0, 0.05) is 0 Å². The molecule has 3 nitrogen and oxygen atoms in total. The maximum absolute atomic E-state index is 8.85. The second kappa shape index (κ2) is 4.70. The van der Waals surface area contributed by atoms with E-state index in [4.69, 9.17) is 9.84 Å². The van der Waals surface area contributed by atoms with Crippen LogP contribution < -0.4 is 5.32 Å². The van der Waals surface area contributed by atoms with Gasteiger partial charge in [-0.25, -0.2) is 0 Å². The Morgan fingerprint density at radius 3 is 2.73 bits per heavy atom. The lowest BCUT2D eigenvalue weighted by Gasteiger charge is -2.22. The Balaban J connectivity index is 2.05. The summed E-state index contributed by atoms with van der Waals surface area (Å²) < 4.78 is 5.11. The molecule has 1 unspecified atom stereocenters. The van der Waals surface area contributed by atoms with Crippen molar-refractivity contribution in [2.45, 2.75) is 26.1 Å². The van der Waals surface area contributed by atoms with E-state index in [0.717, 1.165) is 13.1 Å². The SMILES string of the molecule is CC(O)OCC1CCNCC1. The first kappa shape index (κ1) is 8.97. The highest BCUT2D eigenvalue weighted by molar-refractivity contribution is 4.67. The fraction of sp³-hybridized carbons (Fsp3) is 1.00. The lowest BCUT2D eigenvalue weighted by Crippen LogP contribution is -2.30. The van der Waals surface area contributed by atoms with Crippen molar-refractivity contribution in [2.24, 2.45) is 5.92 Å². The largest absolute Gasteiger partial charge is 0.368 e. The minimum absolute atomic E-state index is 0.607. The standard InChI is InChI=1S/C8H17NO2/c1-7(10)11-6-8-2-4-9-5-3-8/h7-10H,2-6H2,1H3. The first-order valence-electron chi connectivity index (χ1n) is 4.29. The molecule has 1 atom stereocenters. The maximum atomic E-state index is 8.85. The Morgan fingerprint density at radius 2 is 2.18 bits per heavy atom. The third-order valence-corrected chi connectivity index (χ3v) is 2.03. The van der Waals surface area contributed by atoms with Crippen LogP contribution in [0, 0.1) is 5.92 Å². The van der Waals surface area contributed by atoms with Gasteiger partial charge >= 0.3 is 0 Å². The number of rotatable bonds is 3. The van der Waals surface area contributed by atoms with Crippen molar-refractivity contribution < 1.29 is 9.84 Å². The quantitative estimate of drug-likeness (QED) is 0.583. The van der Waals surface area contributed by atoms with Crippen LogP contribution in [0.15, 0.2) is 0 Å². The number of hydrogen-bond donors (Lipinski definition) is 2. The molecule has 0 radical (unpaired) electrons. The summed E-state index contributed by atoms with van der Waals surface area (Å²) in [4.78, 5) is 0. The number of nitrogens with one attached hydrogen (secondary N) is 1. The second-order valence-electron chi connectivity index (χ2n) is 3.13. The molecule has 1 aliphatic heterocycles. The van der Waals surface area contributed by atoms with Crippen molar-refractivity contribution in [1.82, 2.24) is 5.32 Å². The molecule has 3 heteroatoms. The van der Waals surface area contributed by atoms with Crippen LogP contribution in [-0.4, -0.2) is 31.1 Å². The topological polar surface area (TPSA) is 41.5 Å². The smallest absolute Gasteiger partial charge is 0.151 e. The molecule has 0 aromatic heterocycles. The summed E-state index contributed by atoms with van der Waals surface area (Å²) >= 11 is 0. The first-order chi connectivity index (χ1) is 5.29. The molecule has 0 amide bonds. The van der Waals surface area contributed by atoms with Gasteiger partial charge in [-0.05, 0) is 38.8 Å². The molecule has 1 rings (SSSR count). The van der Waals surface area contributed by atoms with E-state index in [2.05, 4.69) is 5.32 Å². The van der Waals surface area contributed by atoms with Crippen LogP contribution in [0.25, 0.3) is 0 Å². The molecule has 0 saturated carbocycles. The van der Waals surface area contributed by atoms with Crippen molar-refractivity contribution in [2.75, 3.05) is 19.7 Å². The molecule has 0 aliphatic carbocycles. The summed E-state index contributed by atoms with van der Waals surface area (Å²) in [5, 5.41) is 12.1. The number of ether oxygens (including phenoxy) is 1. The maximum Gasteiger partial charge on any atom is 0.151 e. The molecule has 0 spiro atoms. The fourth-order valence-electron chi connectivity index (χ4n) is 1.32. The normalized spacial score (nSPS) is 23.5. The van der Waals surface area contributed by atoms with E-state index in [0.29, 0.717) is 12.5 Å². The Bertz CT molecular complexity index is 100. The van der Waals surface area contributed by atoms with Gasteiger partial charge in [0.1, 0.15) is 0 Å². The van der Waals surface area contributed by atoms with Gasteiger partial charge in [0.25, 0.3) is 0 Å². The Labute approximate surface area is 67.7 Å². The first-order valence-corrected chi connectivity index (χ1v) is 4.29. The molecule has 0 aromatic rings. The molecule has 0 bridgehead atoms. The third-order valence-electron chi connectivity index (χ3n) is 2.03. The number of hydrogen-bond acceptors (Lipinski definition) is 3. The highest BCUT2D eigenvalue weighted by Gasteiger charge is 2.13. The van der Waals surface area contributed by atoms with Gasteiger partial charge in [-0.1, -0.05) is 0 Å². The van der Waals surface area contributed by atoms with E-state index in [1.807, 2.05) is 0 Å². The van der Waals surface area contributed by atoms with Gasteiger partial charge in [0.2, 0.25) is 0 Å². The van der Waals surface area contributed by atoms with E-state index >= 15 is 0 Å². The highest BCUT2D eigenvalue weighted by atomic mass is 16.6. The third kappa shape index (κ3) is 3.70. The molecule has 0 aromatic carbocycles. The molecule has 1 aliphatic rings. The monoisotopic (exact) mass is 159 g/mol.